The van der Waals surface area contributed by atoms with Gasteiger partial charge in [0.25, 0.3) is 0 Å². The molecule has 4 atom stereocenters. The molecule has 2 rings (SSSR count). The Morgan fingerprint density at radius 1 is 0.625 bits per heavy atom. The lowest BCUT2D eigenvalue weighted by atomic mass is 10.0. The van der Waals surface area contributed by atoms with Gasteiger partial charge >= 0.3 is 17.9 Å². The Morgan fingerprint density at radius 3 is 1.55 bits per heavy atom. The summed E-state index contributed by atoms with van der Waals surface area (Å²) in [6.45, 7) is 0. The fraction of sp³-hybridized carbons (Fsp3) is 0.333. The molecule has 214 valence electrons. The van der Waals surface area contributed by atoms with Gasteiger partial charge in [-0.25, -0.2) is 4.79 Å². The van der Waals surface area contributed by atoms with Gasteiger partial charge in [-0.15, -0.1) is 0 Å². The van der Waals surface area contributed by atoms with E-state index in [1.807, 2.05) is 0 Å². The maximum atomic E-state index is 13.3. The maximum absolute atomic E-state index is 13.3. The molecule has 13 nitrogen and oxygen atoms in total. The van der Waals surface area contributed by atoms with Crippen molar-refractivity contribution >= 4 is 35.6 Å². The zero-order chi connectivity index (χ0) is 29.7. The number of benzene rings is 2. The standard InChI is InChI=1S/C27H32N4O9/c28-18(15-23(34)35)24(36)30-20(13-16-7-3-1-4-8-16)26(38)29-19(11-12-22(32)33)25(37)31-21(27(39)40)14-17-9-5-2-6-10-17/h1-10,18-21H,11-15,28H2,(H,29,38)(H,30,36)(H,31,37)(H,32,33)(H,34,35)(H,39,40). The third-order valence-corrected chi connectivity index (χ3v) is 5.82. The molecular formula is C27H32N4O9. The first-order chi connectivity index (χ1) is 19.0. The summed E-state index contributed by atoms with van der Waals surface area (Å²) in [7, 11) is 0. The number of hydrogen-bond acceptors (Lipinski definition) is 7. The van der Waals surface area contributed by atoms with Crippen LogP contribution in [0.15, 0.2) is 60.7 Å². The van der Waals surface area contributed by atoms with Crippen molar-refractivity contribution in [1.29, 1.82) is 0 Å². The van der Waals surface area contributed by atoms with E-state index in [-0.39, 0.29) is 19.3 Å². The van der Waals surface area contributed by atoms with Crippen LogP contribution in [0.1, 0.15) is 30.4 Å². The lowest BCUT2D eigenvalue weighted by molar-refractivity contribution is -0.143. The fourth-order valence-electron chi connectivity index (χ4n) is 3.75. The van der Waals surface area contributed by atoms with E-state index >= 15 is 0 Å². The molecule has 2 aromatic carbocycles. The van der Waals surface area contributed by atoms with Crippen LogP contribution < -0.4 is 21.7 Å². The van der Waals surface area contributed by atoms with E-state index in [1.54, 1.807) is 60.7 Å². The molecular weight excluding hydrogens is 524 g/mol. The average Bonchev–Trinajstić information content (AvgIpc) is 2.90. The molecule has 0 aliphatic heterocycles. The van der Waals surface area contributed by atoms with Crippen molar-refractivity contribution in [2.45, 2.75) is 56.3 Å². The van der Waals surface area contributed by atoms with Crippen molar-refractivity contribution in [1.82, 2.24) is 16.0 Å². The molecule has 0 saturated carbocycles. The molecule has 0 bridgehead atoms. The Labute approximate surface area is 229 Å². The summed E-state index contributed by atoms with van der Waals surface area (Å²) in [6.07, 6.45) is -1.69. The van der Waals surface area contributed by atoms with Crippen molar-refractivity contribution in [3.05, 3.63) is 71.8 Å². The van der Waals surface area contributed by atoms with E-state index in [0.717, 1.165) is 0 Å². The molecule has 4 unspecified atom stereocenters. The van der Waals surface area contributed by atoms with Gasteiger partial charge in [0, 0.05) is 19.3 Å². The van der Waals surface area contributed by atoms with Crippen molar-refractivity contribution in [2.75, 3.05) is 0 Å². The van der Waals surface area contributed by atoms with Gasteiger partial charge < -0.3 is 37.0 Å². The Bertz CT molecular complexity index is 1190. The van der Waals surface area contributed by atoms with Crippen LogP contribution in [0.3, 0.4) is 0 Å². The van der Waals surface area contributed by atoms with Crippen molar-refractivity contribution in [3.63, 3.8) is 0 Å². The average molecular weight is 557 g/mol. The molecule has 8 N–H and O–H groups in total. The van der Waals surface area contributed by atoms with E-state index in [0.29, 0.717) is 11.1 Å². The highest BCUT2D eigenvalue weighted by Gasteiger charge is 2.31. The van der Waals surface area contributed by atoms with Gasteiger partial charge in [-0.1, -0.05) is 60.7 Å². The van der Waals surface area contributed by atoms with E-state index < -0.39 is 72.6 Å². The lowest BCUT2D eigenvalue weighted by Gasteiger charge is -2.25. The zero-order valence-electron chi connectivity index (χ0n) is 21.5. The second kappa shape index (κ2) is 15.6. The van der Waals surface area contributed by atoms with Gasteiger partial charge in [-0.3, -0.25) is 24.0 Å². The summed E-state index contributed by atoms with van der Waals surface area (Å²) < 4.78 is 0. The van der Waals surface area contributed by atoms with E-state index in [1.165, 1.54) is 0 Å². The van der Waals surface area contributed by atoms with Crippen LogP contribution in [0.2, 0.25) is 0 Å². The van der Waals surface area contributed by atoms with Crippen LogP contribution >= 0.6 is 0 Å². The highest BCUT2D eigenvalue weighted by molar-refractivity contribution is 5.95. The zero-order valence-corrected chi connectivity index (χ0v) is 21.5. The molecule has 0 fully saturated rings. The van der Waals surface area contributed by atoms with Crippen LogP contribution in [0.25, 0.3) is 0 Å². The lowest BCUT2D eigenvalue weighted by Crippen LogP contribution is -2.58. The first-order valence-electron chi connectivity index (χ1n) is 12.4. The minimum atomic E-state index is -1.45. The van der Waals surface area contributed by atoms with Crippen molar-refractivity contribution in [3.8, 4) is 0 Å². The number of nitrogens with two attached hydrogens (primary N) is 1. The van der Waals surface area contributed by atoms with Crippen LogP contribution in [0, 0.1) is 0 Å². The molecule has 40 heavy (non-hydrogen) atoms. The Kier molecular flexibility index (Phi) is 12.3. The van der Waals surface area contributed by atoms with E-state index in [4.69, 9.17) is 15.9 Å². The van der Waals surface area contributed by atoms with Crippen LogP contribution in [0.5, 0.6) is 0 Å². The Morgan fingerprint density at radius 2 is 1.07 bits per heavy atom. The highest BCUT2D eigenvalue weighted by atomic mass is 16.4. The summed E-state index contributed by atoms with van der Waals surface area (Å²) in [5.41, 5.74) is 6.88. The van der Waals surface area contributed by atoms with Gasteiger partial charge in [-0.2, -0.15) is 0 Å². The number of rotatable bonds is 16. The monoisotopic (exact) mass is 556 g/mol. The first kappa shape index (κ1) is 31.4. The summed E-state index contributed by atoms with van der Waals surface area (Å²) in [6, 6.07) is 11.4. The van der Waals surface area contributed by atoms with Gasteiger partial charge in [0.1, 0.15) is 18.1 Å². The number of aliphatic carboxylic acids is 3. The topological polar surface area (TPSA) is 225 Å². The summed E-state index contributed by atoms with van der Waals surface area (Å²) in [5.74, 6) is -6.62. The molecule has 0 aromatic heterocycles. The molecule has 0 aliphatic rings. The number of carboxylic acid groups (broad SMARTS) is 3. The van der Waals surface area contributed by atoms with Crippen molar-refractivity contribution < 1.29 is 44.1 Å². The maximum Gasteiger partial charge on any atom is 0.326 e. The molecule has 0 aliphatic carbocycles. The smallest absolute Gasteiger partial charge is 0.326 e. The van der Waals surface area contributed by atoms with E-state index in [2.05, 4.69) is 16.0 Å². The van der Waals surface area contributed by atoms with Crippen LogP contribution in [0.4, 0.5) is 0 Å². The summed E-state index contributed by atoms with van der Waals surface area (Å²) >= 11 is 0. The quantitative estimate of drug-likeness (QED) is 0.143. The number of nitrogens with one attached hydrogen (secondary N) is 3. The Balaban J connectivity index is 2.24. The number of carbonyl (C=O) groups excluding carboxylic acids is 3. The van der Waals surface area contributed by atoms with Gasteiger partial charge in [0.05, 0.1) is 12.5 Å². The summed E-state index contributed by atoms with van der Waals surface area (Å²) in [4.78, 5) is 72.8. The molecule has 0 radical (unpaired) electrons. The SMILES string of the molecule is NC(CC(=O)O)C(=O)NC(Cc1ccccc1)C(=O)NC(CCC(=O)O)C(=O)NC(Cc1ccccc1)C(=O)O. The minimum absolute atomic E-state index is 0.0583. The van der Waals surface area contributed by atoms with Crippen LogP contribution in [-0.4, -0.2) is 75.1 Å². The normalized spacial score (nSPS) is 13.6. The first-order valence-corrected chi connectivity index (χ1v) is 12.4. The minimum Gasteiger partial charge on any atom is -0.481 e. The third-order valence-electron chi connectivity index (χ3n) is 5.82. The van der Waals surface area contributed by atoms with Gasteiger partial charge in [-0.05, 0) is 17.5 Å². The van der Waals surface area contributed by atoms with Crippen molar-refractivity contribution in [2.24, 2.45) is 5.73 Å². The van der Waals surface area contributed by atoms with E-state index in [9.17, 15) is 33.9 Å². The number of amides is 3. The highest BCUT2D eigenvalue weighted by Crippen LogP contribution is 2.08. The number of carbonyl (C=O) groups is 6. The molecule has 3 amide bonds. The molecule has 2 aromatic rings. The predicted octanol–water partition coefficient (Wildman–Crippen LogP) is -0.322. The summed E-state index contributed by atoms with van der Waals surface area (Å²) in [5, 5.41) is 34.8. The third kappa shape index (κ3) is 10.9. The number of hydrogen-bond donors (Lipinski definition) is 7. The largest absolute Gasteiger partial charge is 0.481 e. The molecule has 0 spiro atoms. The molecule has 0 heterocycles. The Hall–Kier alpha value is -4.78. The molecule has 13 heteroatoms. The number of carboxylic acids is 3. The fourth-order valence-corrected chi connectivity index (χ4v) is 3.75. The second-order valence-corrected chi connectivity index (χ2v) is 9.04. The molecule has 0 saturated heterocycles. The second-order valence-electron chi connectivity index (χ2n) is 9.04. The predicted molar refractivity (Wildman–Crippen MR) is 141 cm³/mol. The van der Waals surface area contributed by atoms with Gasteiger partial charge in [0.2, 0.25) is 17.7 Å². The van der Waals surface area contributed by atoms with Crippen LogP contribution in [-0.2, 0) is 41.6 Å². The van der Waals surface area contributed by atoms with Gasteiger partial charge in [0.15, 0.2) is 0 Å².